The summed E-state index contributed by atoms with van der Waals surface area (Å²) in [5, 5.41) is 9.95. The lowest BCUT2D eigenvalue weighted by molar-refractivity contribution is -0.709. The number of benzene rings is 2. The molecule has 0 fully saturated rings. The minimum atomic E-state index is -0.997. The first-order valence-corrected chi connectivity index (χ1v) is 6.92. The van der Waals surface area contributed by atoms with Crippen molar-refractivity contribution < 1.29 is 9.37 Å². The van der Waals surface area contributed by atoms with E-state index in [9.17, 15) is 10.1 Å². The molecule has 0 aromatic heterocycles. The number of hydrogen-bond acceptors (Lipinski definition) is 3. The zero-order valence-electron chi connectivity index (χ0n) is 10.7. The van der Waals surface area contributed by atoms with E-state index in [1.165, 1.54) is 0 Å². The van der Waals surface area contributed by atoms with Crippen LogP contribution in [0.5, 0.6) is 0 Å². The van der Waals surface area contributed by atoms with Gasteiger partial charge in [-0.25, -0.2) is 0 Å². The SMILES string of the molecule is Cc1ccc([S+](O[N+](=O)[O-])c2ccc(C)cc2)cc1. The predicted molar refractivity (Wildman–Crippen MR) is 74.3 cm³/mol. The van der Waals surface area contributed by atoms with E-state index in [-0.39, 0.29) is 0 Å². The number of aryl methyl sites for hydroxylation is 2. The largest absolute Gasteiger partial charge is 0.337 e. The van der Waals surface area contributed by atoms with Crippen LogP contribution >= 0.6 is 0 Å². The molecule has 0 aliphatic carbocycles. The van der Waals surface area contributed by atoms with Gasteiger partial charge in [0.15, 0.2) is 9.79 Å². The Balaban J connectivity index is 2.37. The van der Waals surface area contributed by atoms with Crippen molar-refractivity contribution in [2.75, 3.05) is 0 Å². The molecule has 19 heavy (non-hydrogen) atoms. The molecule has 0 radical (unpaired) electrons. The van der Waals surface area contributed by atoms with E-state index < -0.39 is 16.3 Å². The van der Waals surface area contributed by atoms with Crippen molar-refractivity contribution >= 4 is 11.2 Å². The second-order valence-electron chi connectivity index (χ2n) is 4.19. The summed E-state index contributed by atoms with van der Waals surface area (Å²) in [4.78, 5) is 12.3. The average molecular weight is 276 g/mol. The predicted octanol–water partition coefficient (Wildman–Crippen LogP) is 3.46. The summed E-state index contributed by atoms with van der Waals surface area (Å²) in [5.41, 5.74) is 2.22. The van der Waals surface area contributed by atoms with Crippen molar-refractivity contribution in [2.24, 2.45) is 0 Å². The van der Waals surface area contributed by atoms with Crippen LogP contribution in [0, 0.1) is 24.0 Å². The zero-order valence-corrected chi connectivity index (χ0v) is 11.5. The second kappa shape index (κ2) is 5.75. The van der Waals surface area contributed by atoms with Crippen LogP contribution in [0.25, 0.3) is 0 Å². The van der Waals surface area contributed by atoms with Gasteiger partial charge in [-0.05, 0) is 38.1 Å². The van der Waals surface area contributed by atoms with Crippen molar-refractivity contribution in [3.05, 3.63) is 69.8 Å². The highest BCUT2D eigenvalue weighted by Gasteiger charge is 2.31. The molecule has 0 bridgehead atoms. The van der Waals surface area contributed by atoms with Crippen LogP contribution in [0.1, 0.15) is 11.1 Å². The summed E-state index contributed by atoms with van der Waals surface area (Å²) in [7, 11) is 0. The molecular weight excluding hydrogens is 262 g/mol. The van der Waals surface area contributed by atoms with E-state index in [0.717, 1.165) is 20.9 Å². The van der Waals surface area contributed by atoms with Crippen LogP contribution < -0.4 is 0 Å². The smallest absolute Gasteiger partial charge is 0.106 e. The maximum absolute atomic E-state index is 10.7. The Kier molecular flexibility index (Phi) is 4.06. The third-order valence-corrected chi connectivity index (χ3v) is 4.28. The Hall–Kier alpha value is -2.01. The van der Waals surface area contributed by atoms with E-state index in [0.29, 0.717) is 0 Å². The second-order valence-corrected chi connectivity index (χ2v) is 5.82. The van der Waals surface area contributed by atoms with Gasteiger partial charge in [-0.2, -0.15) is 0 Å². The Morgan fingerprint density at radius 2 is 1.26 bits per heavy atom. The fourth-order valence-corrected chi connectivity index (χ4v) is 2.94. The fraction of sp³-hybridized carbons (Fsp3) is 0.143. The van der Waals surface area contributed by atoms with Gasteiger partial charge in [0.25, 0.3) is 11.2 Å². The molecule has 4 nitrogen and oxygen atoms in total. The Morgan fingerprint density at radius 3 is 1.58 bits per heavy atom. The highest BCUT2D eigenvalue weighted by molar-refractivity contribution is 7.92. The Labute approximate surface area is 114 Å². The van der Waals surface area contributed by atoms with Crippen LogP contribution in [0.2, 0.25) is 0 Å². The van der Waals surface area contributed by atoms with Crippen LogP contribution in [0.3, 0.4) is 0 Å². The first-order chi connectivity index (χ1) is 9.06. The molecule has 0 unspecified atom stereocenters. The van der Waals surface area contributed by atoms with Gasteiger partial charge in [0.05, 0.1) is 0 Å². The molecule has 2 rings (SSSR count). The third-order valence-electron chi connectivity index (χ3n) is 2.61. The molecule has 0 spiro atoms. The number of hydrogen-bond donors (Lipinski definition) is 0. The van der Waals surface area contributed by atoms with Gasteiger partial charge in [0.1, 0.15) is 0 Å². The molecule has 0 N–H and O–H groups in total. The number of rotatable bonds is 4. The van der Waals surface area contributed by atoms with E-state index >= 15 is 0 Å². The van der Waals surface area contributed by atoms with E-state index in [2.05, 4.69) is 0 Å². The monoisotopic (exact) mass is 276 g/mol. The van der Waals surface area contributed by atoms with Gasteiger partial charge in [0.2, 0.25) is 0 Å². The lowest BCUT2D eigenvalue weighted by Crippen LogP contribution is -2.13. The van der Waals surface area contributed by atoms with Gasteiger partial charge in [-0.1, -0.05) is 39.7 Å². The maximum Gasteiger partial charge on any atom is 0.337 e. The molecule has 0 aliphatic heterocycles. The van der Waals surface area contributed by atoms with Crippen molar-refractivity contribution in [3.8, 4) is 0 Å². The minimum absolute atomic E-state index is 0.733. The van der Waals surface area contributed by atoms with Crippen molar-refractivity contribution in [1.82, 2.24) is 0 Å². The summed E-state index contributed by atoms with van der Waals surface area (Å²) in [5.74, 6) is 0. The third kappa shape index (κ3) is 3.48. The topological polar surface area (TPSA) is 52.4 Å². The van der Waals surface area contributed by atoms with Gasteiger partial charge < -0.3 is 0 Å². The molecular formula is C14H14NO3S+. The van der Waals surface area contributed by atoms with Crippen LogP contribution in [0.15, 0.2) is 58.3 Å². The molecule has 2 aromatic carbocycles. The fourth-order valence-electron chi connectivity index (χ4n) is 1.61. The maximum atomic E-state index is 10.7. The standard InChI is InChI=1S/C14H14NO3S/c1-11-3-7-13(8-4-11)19(18-15(16)17)14-9-5-12(2)6-10-14/h3-10H,1-2H3/q+1. The van der Waals surface area contributed by atoms with E-state index in [1.54, 1.807) is 0 Å². The summed E-state index contributed by atoms with van der Waals surface area (Å²) >= 11 is -0.997. The highest BCUT2D eigenvalue weighted by atomic mass is 32.2. The lowest BCUT2D eigenvalue weighted by Gasteiger charge is -2.03. The van der Waals surface area contributed by atoms with Gasteiger partial charge >= 0.3 is 5.09 Å². The van der Waals surface area contributed by atoms with E-state index in [1.807, 2.05) is 62.4 Å². The molecule has 0 saturated heterocycles. The number of nitrogens with zero attached hydrogens (tertiary/aromatic N) is 1. The highest BCUT2D eigenvalue weighted by Crippen LogP contribution is 2.25. The molecule has 0 heterocycles. The molecule has 0 amide bonds. The molecule has 5 heteroatoms. The Morgan fingerprint density at radius 1 is 0.895 bits per heavy atom. The molecule has 0 aliphatic rings. The molecule has 0 atom stereocenters. The first-order valence-electron chi connectivity index (χ1n) is 5.77. The molecule has 0 saturated carbocycles. The van der Waals surface area contributed by atoms with Crippen LogP contribution in [-0.4, -0.2) is 5.09 Å². The first kappa shape index (κ1) is 13.4. The lowest BCUT2D eigenvalue weighted by atomic mass is 10.2. The normalized spacial score (nSPS) is 10.5. The van der Waals surface area contributed by atoms with Crippen LogP contribution in [0.4, 0.5) is 0 Å². The Bertz CT molecular complexity index is 521. The summed E-state index contributed by atoms with van der Waals surface area (Å²) in [6.07, 6.45) is 0. The summed E-state index contributed by atoms with van der Waals surface area (Å²) in [6, 6.07) is 15.1. The summed E-state index contributed by atoms with van der Waals surface area (Å²) in [6.45, 7) is 3.95. The van der Waals surface area contributed by atoms with Gasteiger partial charge in [-0.15, -0.1) is 10.1 Å². The van der Waals surface area contributed by atoms with Crippen molar-refractivity contribution in [1.29, 1.82) is 0 Å². The molecule has 2 aromatic rings. The quantitative estimate of drug-likeness (QED) is 0.488. The van der Waals surface area contributed by atoms with Crippen LogP contribution in [-0.2, 0) is 15.5 Å². The zero-order chi connectivity index (χ0) is 13.8. The minimum Gasteiger partial charge on any atom is -0.106 e. The average Bonchev–Trinajstić information content (AvgIpc) is 2.38. The summed E-state index contributed by atoms with van der Waals surface area (Å²) < 4.78 is 4.85. The van der Waals surface area contributed by atoms with Crippen molar-refractivity contribution in [3.63, 3.8) is 0 Å². The van der Waals surface area contributed by atoms with E-state index in [4.69, 9.17) is 4.28 Å². The van der Waals surface area contributed by atoms with Crippen molar-refractivity contribution in [2.45, 2.75) is 23.6 Å². The van der Waals surface area contributed by atoms with Gasteiger partial charge in [-0.3, -0.25) is 0 Å². The molecule has 98 valence electrons. The van der Waals surface area contributed by atoms with Gasteiger partial charge in [0, 0.05) is 0 Å².